The van der Waals surface area contributed by atoms with Crippen molar-refractivity contribution in [1.29, 1.82) is 0 Å². The van der Waals surface area contributed by atoms with Gasteiger partial charge in [-0.25, -0.2) is 4.79 Å². The lowest BCUT2D eigenvalue weighted by Crippen LogP contribution is -2.32. The maximum atomic E-state index is 12.7. The molecule has 0 bridgehead atoms. The zero-order valence-corrected chi connectivity index (χ0v) is 21.1. The number of halogens is 3. The number of methoxy groups -OCH3 is 1. The van der Waals surface area contributed by atoms with Crippen LogP contribution in [0.25, 0.3) is 10.9 Å². The largest absolute Gasteiger partial charge is 0.493 e. The Morgan fingerprint density at radius 3 is 2.58 bits per heavy atom. The van der Waals surface area contributed by atoms with E-state index in [0.717, 1.165) is 10.2 Å². The minimum atomic E-state index is -0.642. The molecule has 0 unspecified atom stereocenters. The Bertz CT molecular complexity index is 1500. The Hall–Kier alpha value is -2.88. The summed E-state index contributed by atoms with van der Waals surface area (Å²) in [5, 5.41) is 5.06. The first-order valence-electron chi connectivity index (χ1n) is 9.61. The van der Waals surface area contributed by atoms with Crippen LogP contribution in [0.3, 0.4) is 0 Å². The van der Waals surface area contributed by atoms with Crippen LogP contribution >= 0.6 is 43.5 Å². The number of hydrogen-bond donors (Lipinski definition) is 1. The van der Waals surface area contributed by atoms with Crippen molar-refractivity contribution < 1.29 is 9.47 Å². The van der Waals surface area contributed by atoms with E-state index >= 15 is 0 Å². The molecule has 0 saturated heterocycles. The van der Waals surface area contributed by atoms with Crippen molar-refractivity contribution in [2.45, 2.75) is 6.61 Å². The Balaban J connectivity index is 1.70. The SMILES string of the molecule is COc1cc(C=Nn2c(=O)[nH]c3ccccc3c2=O)c(Br)c(Br)c1OCc1ccccc1Cl. The summed E-state index contributed by atoms with van der Waals surface area (Å²) in [7, 11) is 1.51. The molecule has 4 rings (SSSR count). The highest BCUT2D eigenvalue weighted by Gasteiger charge is 2.17. The highest BCUT2D eigenvalue weighted by atomic mass is 79.9. The second-order valence-electron chi connectivity index (χ2n) is 6.84. The first-order chi connectivity index (χ1) is 15.9. The predicted molar refractivity (Wildman–Crippen MR) is 136 cm³/mol. The molecule has 0 spiro atoms. The molecule has 0 aliphatic rings. The molecule has 168 valence electrons. The van der Waals surface area contributed by atoms with Gasteiger partial charge in [0.25, 0.3) is 5.56 Å². The van der Waals surface area contributed by atoms with E-state index in [-0.39, 0.29) is 6.61 Å². The van der Waals surface area contributed by atoms with Gasteiger partial charge >= 0.3 is 5.69 Å². The van der Waals surface area contributed by atoms with Crippen LogP contribution in [0.2, 0.25) is 5.02 Å². The maximum Gasteiger partial charge on any atom is 0.349 e. The van der Waals surface area contributed by atoms with Gasteiger partial charge in [-0.1, -0.05) is 41.9 Å². The minimum Gasteiger partial charge on any atom is -0.493 e. The molecule has 3 aromatic carbocycles. The summed E-state index contributed by atoms with van der Waals surface area (Å²) in [5.74, 6) is 0.889. The van der Waals surface area contributed by atoms with Crippen LogP contribution in [0.5, 0.6) is 11.5 Å². The molecule has 1 N–H and O–H groups in total. The number of hydrogen-bond acceptors (Lipinski definition) is 5. The molecular formula is C23H16Br2ClN3O4. The van der Waals surface area contributed by atoms with Gasteiger partial charge < -0.3 is 14.5 Å². The van der Waals surface area contributed by atoms with Crippen molar-refractivity contribution in [3.63, 3.8) is 0 Å². The Labute approximate surface area is 209 Å². The van der Waals surface area contributed by atoms with E-state index in [2.05, 4.69) is 41.9 Å². The van der Waals surface area contributed by atoms with E-state index in [1.165, 1.54) is 13.3 Å². The van der Waals surface area contributed by atoms with Gasteiger partial charge in [-0.2, -0.15) is 5.10 Å². The van der Waals surface area contributed by atoms with Crippen LogP contribution in [-0.4, -0.2) is 23.0 Å². The molecular weight excluding hydrogens is 578 g/mol. The number of nitrogens with one attached hydrogen (secondary N) is 1. The second kappa shape index (κ2) is 9.94. The van der Waals surface area contributed by atoms with E-state index in [0.29, 0.717) is 41.9 Å². The first-order valence-corrected chi connectivity index (χ1v) is 11.6. The zero-order valence-electron chi connectivity index (χ0n) is 17.1. The van der Waals surface area contributed by atoms with Crippen molar-refractivity contribution in [2.75, 3.05) is 7.11 Å². The average Bonchev–Trinajstić information content (AvgIpc) is 2.81. The Morgan fingerprint density at radius 2 is 1.82 bits per heavy atom. The highest BCUT2D eigenvalue weighted by Crippen LogP contribution is 2.42. The van der Waals surface area contributed by atoms with Gasteiger partial charge in [0.1, 0.15) is 6.61 Å². The van der Waals surface area contributed by atoms with E-state index in [1.807, 2.05) is 18.2 Å². The highest BCUT2D eigenvalue weighted by molar-refractivity contribution is 9.13. The van der Waals surface area contributed by atoms with Gasteiger partial charge in [0.05, 0.1) is 28.7 Å². The fraction of sp³-hybridized carbons (Fsp3) is 0.0870. The van der Waals surface area contributed by atoms with Crippen molar-refractivity contribution in [3.8, 4) is 11.5 Å². The summed E-state index contributed by atoms with van der Waals surface area (Å²) >= 11 is 13.2. The number of para-hydroxylation sites is 1. The molecule has 1 aromatic heterocycles. The molecule has 7 nitrogen and oxygen atoms in total. The molecule has 0 amide bonds. The van der Waals surface area contributed by atoms with Crippen LogP contribution in [0.4, 0.5) is 0 Å². The average molecular weight is 594 g/mol. The number of aromatic amines is 1. The fourth-order valence-electron chi connectivity index (χ4n) is 3.13. The zero-order chi connectivity index (χ0) is 23.5. The van der Waals surface area contributed by atoms with Crippen molar-refractivity contribution in [3.05, 3.63) is 101 Å². The van der Waals surface area contributed by atoms with Crippen LogP contribution in [0.15, 0.2) is 78.2 Å². The predicted octanol–water partition coefficient (Wildman–Crippen LogP) is 5.34. The third-order valence-corrected chi connectivity index (χ3v) is 7.31. The number of rotatable bonds is 6. The molecule has 10 heteroatoms. The number of H-pyrrole nitrogens is 1. The van der Waals surface area contributed by atoms with Crippen LogP contribution in [0.1, 0.15) is 11.1 Å². The van der Waals surface area contributed by atoms with E-state index in [9.17, 15) is 9.59 Å². The quantitative estimate of drug-likeness (QED) is 0.306. The third-order valence-electron chi connectivity index (χ3n) is 4.80. The molecule has 33 heavy (non-hydrogen) atoms. The summed E-state index contributed by atoms with van der Waals surface area (Å²) in [6.07, 6.45) is 1.39. The van der Waals surface area contributed by atoms with Gasteiger partial charge in [-0.3, -0.25) is 4.79 Å². The third kappa shape index (κ3) is 4.75. The first kappa shape index (κ1) is 23.3. The van der Waals surface area contributed by atoms with Crippen LogP contribution < -0.4 is 20.7 Å². The van der Waals surface area contributed by atoms with Gasteiger partial charge in [0.2, 0.25) is 0 Å². The molecule has 4 aromatic rings. The second-order valence-corrected chi connectivity index (χ2v) is 8.84. The molecule has 0 aliphatic carbocycles. The lowest BCUT2D eigenvalue weighted by atomic mass is 10.2. The van der Waals surface area contributed by atoms with Gasteiger partial charge in [-0.05, 0) is 56.1 Å². The van der Waals surface area contributed by atoms with Gasteiger partial charge in [0, 0.05) is 20.6 Å². The normalized spacial score (nSPS) is 11.3. The summed E-state index contributed by atoms with van der Waals surface area (Å²) < 4.78 is 13.4. The number of fused-ring (bicyclic) bond motifs is 1. The van der Waals surface area contributed by atoms with E-state index in [4.69, 9.17) is 21.1 Å². The number of aromatic nitrogens is 2. The molecule has 0 fully saturated rings. The van der Waals surface area contributed by atoms with Gasteiger partial charge in [-0.15, -0.1) is 4.68 Å². The molecule has 0 aliphatic heterocycles. The summed E-state index contributed by atoms with van der Waals surface area (Å²) in [4.78, 5) is 27.7. The summed E-state index contributed by atoms with van der Waals surface area (Å²) in [6, 6.07) is 15.8. The lowest BCUT2D eigenvalue weighted by molar-refractivity contribution is 0.282. The minimum absolute atomic E-state index is 0.233. The van der Waals surface area contributed by atoms with Crippen LogP contribution in [0, 0.1) is 0 Å². The number of nitrogens with zero attached hydrogens (tertiary/aromatic N) is 2. The van der Waals surface area contributed by atoms with E-state index in [1.54, 1.807) is 36.4 Å². The van der Waals surface area contributed by atoms with Crippen molar-refractivity contribution >= 4 is 60.6 Å². The molecule has 1 heterocycles. The number of ether oxygens (including phenoxy) is 2. The monoisotopic (exact) mass is 591 g/mol. The molecule has 0 atom stereocenters. The summed E-state index contributed by atoms with van der Waals surface area (Å²) in [5.41, 5.74) is 0.668. The Morgan fingerprint density at radius 1 is 1.09 bits per heavy atom. The standard InChI is InChI=1S/C23H16Br2ClN3O4/c1-32-18-10-14(11-27-29-22(30)15-7-3-5-9-17(15)28-23(29)31)19(24)20(25)21(18)33-12-13-6-2-4-8-16(13)26/h2-11H,12H2,1H3,(H,28,31). The maximum absolute atomic E-state index is 12.7. The van der Waals surface area contributed by atoms with Crippen LogP contribution in [-0.2, 0) is 6.61 Å². The molecule has 0 saturated carbocycles. The van der Waals surface area contributed by atoms with Crippen molar-refractivity contribution in [1.82, 2.24) is 9.66 Å². The van der Waals surface area contributed by atoms with Gasteiger partial charge in [0.15, 0.2) is 11.5 Å². The Kier molecular flexibility index (Phi) is 7.02. The van der Waals surface area contributed by atoms with E-state index < -0.39 is 11.2 Å². The summed E-state index contributed by atoms with van der Waals surface area (Å²) in [6.45, 7) is 0.233. The number of benzene rings is 3. The fourth-order valence-corrected chi connectivity index (χ4v) is 4.25. The smallest absolute Gasteiger partial charge is 0.349 e. The lowest BCUT2D eigenvalue weighted by Gasteiger charge is -2.15. The molecule has 0 radical (unpaired) electrons. The topological polar surface area (TPSA) is 85.7 Å². The van der Waals surface area contributed by atoms with Crippen molar-refractivity contribution in [2.24, 2.45) is 5.10 Å².